The Morgan fingerprint density at radius 2 is 1.70 bits per heavy atom. The molecular formula is C34H33ClFN5O6. The summed E-state index contributed by atoms with van der Waals surface area (Å²) >= 11 is 5.97. The summed E-state index contributed by atoms with van der Waals surface area (Å²) in [5.74, 6) is -2.61. The first kappa shape index (κ1) is 31.1. The lowest BCUT2D eigenvalue weighted by Crippen LogP contribution is -2.57. The number of benzene rings is 3. The van der Waals surface area contributed by atoms with Crippen LogP contribution in [-0.4, -0.2) is 96.5 Å². The van der Waals surface area contributed by atoms with E-state index in [1.807, 2.05) is 12.1 Å². The summed E-state index contributed by atoms with van der Waals surface area (Å²) in [6.45, 7) is 5.27. The third kappa shape index (κ3) is 6.04. The molecule has 4 aliphatic heterocycles. The number of carbonyl (C=O) groups excluding carboxylic acids is 2. The summed E-state index contributed by atoms with van der Waals surface area (Å²) in [6.07, 6.45) is -0.517. The van der Waals surface area contributed by atoms with Gasteiger partial charge < -0.3 is 29.8 Å². The molecule has 4 aliphatic rings. The van der Waals surface area contributed by atoms with Crippen LogP contribution in [0.3, 0.4) is 0 Å². The molecule has 0 spiro atoms. The van der Waals surface area contributed by atoms with Crippen LogP contribution in [0.25, 0.3) is 0 Å². The van der Waals surface area contributed by atoms with E-state index >= 15 is 0 Å². The smallest absolute Gasteiger partial charge is 0.335 e. The van der Waals surface area contributed by atoms with Gasteiger partial charge in [-0.3, -0.25) is 14.5 Å². The van der Waals surface area contributed by atoms with E-state index < -0.39 is 35.7 Å². The van der Waals surface area contributed by atoms with Crippen LogP contribution in [-0.2, 0) is 25.6 Å². The van der Waals surface area contributed by atoms with Crippen molar-refractivity contribution >= 4 is 46.5 Å². The topological polar surface area (TPSA) is 124 Å². The van der Waals surface area contributed by atoms with Crippen molar-refractivity contribution in [2.45, 2.75) is 31.0 Å². The van der Waals surface area contributed by atoms with Gasteiger partial charge in [0.15, 0.2) is 5.82 Å². The van der Waals surface area contributed by atoms with Gasteiger partial charge in [0.2, 0.25) is 6.10 Å². The molecular weight excluding hydrogens is 629 g/mol. The predicted octanol–water partition coefficient (Wildman–Crippen LogP) is 3.96. The zero-order chi connectivity index (χ0) is 32.7. The van der Waals surface area contributed by atoms with Gasteiger partial charge in [0.1, 0.15) is 6.04 Å². The van der Waals surface area contributed by atoms with E-state index in [0.717, 1.165) is 50.6 Å². The lowest BCUT2D eigenvalue weighted by molar-refractivity contribution is -0.148. The first-order valence-corrected chi connectivity index (χ1v) is 16.0. The maximum Gasteiger partial charge on any atom is 0.335 e. The number of oxime groups is 1. The van der Waals surface area contributed by atoms with E-state index in [0.29, 0.717) is 23.7 Å². The highest BCUT2D eigenvalue weighted by atomic mass is 35.5. The normalized spacial score (nSPS) is 21.4. The van der Waals surface area contributed by atoms with Crippen molar-refractivity contribution in [3.63, 3.8) is 0 Å². The molecule has 3 aromatic rings. The van der Waals surface area contributed by atoms with Crippen LogP contribution < -0.4 is 10.2 Å². The number of rotatable bonds is 7. The number of nitrogens with zero attached hydrogens (tertiary/aromatic N) is 4. The van der Waals surface area contributed by atoms with E-state index in [2.05, 4.69) is 26.3 Å². The van der Waals surface area contributed by atoms with Gasteiger partial charge in [-0.05, 0) is 60.0 Å². The van der Waals surface area contributed by atoms with Crippen molar-refractivity contribution in [3.05, 3.63) is 93.8 Å². The van der Waals surface area contributed by atoms with Crippen molar-refractivity contribution in [1.82, 2.24) is 9.80 Å². The lowest BCUT2D eigenvalue weighted by Gasteiger charge is -2.44. The first-order chi connectivity index (χ1) is 22.8. The van der Waals surface area contributed by atoms with Gasteiger partial charge in [0.25, 0.3) is 11.8 Å². The number of amides is 2. The number of piperazine rings is 1. The number of carboxylic acids is 1. The second-order valence-electron chi connectivity index (χ2n) is 12.1. The molecule has 11 nitrogen and oxygen atoms in total. The molecule has 0 aromatic heterocycles. The fraction of sp³-hybridized carbons (Fsp3) is 0.353. The van der Waals surface area contributed by atoms with Gasteiger partial charge in [-0.15, -0.1) is 0 Å². The third-order valence-electron chi connectivity index (χ3n) is 9.33. The molecule has 0 bridgehead atoms. The SMILES string of the molecule is O=C(O)c1ccc(NC(=O)[C@@H]2c3cccc(N4CCN(C5COC5)CC4)c3CCN2C(=O)[C@H]2CC(c3cccc(Cl)c3F)=NO2)cc1. The fourth-order valence-electron chi connectivity index (χ4n) is 6.72. The first-order valence-electron chi connectivity index (χ1n) is 15.6. The quantitative estimate of drug-likeness (QED) is 0.390. The van der Waals surface area contributed by atoms with Crippen LogP contribution in [0.4, 0.5) is 15.8 Å². The Kier molecular flexibility index (Phi) is 8.56. The average molecular weight is 662 g/mol. The Balaban J connectivity index is 1.16. The van der Waals surface area contributed by atoms with Crippen LogP contribution in [0.1, 0.15) is 39.5 Å². The van der Waals surface area contributed by atoms with Crippen LogP contribution in [0, 0.1) is 5.82 Å². The molecule has 7 rings (SSSR count). The Morgan fingerprint density at radius 1 is 0.957 bits per heavy atom. The second-order valence-corrected chi connectivity index (χ2v) is 12.5. The molecule has 244 valence electrons. The van der Waals surface area contributed by atoms with E-state index in [1.165, 1.54) is 41.3 Å². The Hall–Kier alpha value is -4.52. The molecule has 0 saturated carbocycles. The highest BCUT2D eigenvalue weighted by Crippen LogP contribution is 2.38. The standard InChI is InChI=1S/C34H33ClFN5O6/c35-26-5-1-4-25(30(26)36)27-17-29(47-38-27)33(43)41-12-11-23-24(31(41)32(42)37-21-9-7-20(8-10-21)34(44)45)3-2-6-28(23)40-15-13-39(14-16-40)22-18-46-19-22/h1-10,22,29,31H,11-19H2,(H,37,42)(H,44,45)/t29-,31+/m1/s1. The maximum absolute atomic E-state index is 14.8. The van der Waals surface area contributed by atoms with Crippen molar-refractivity contribution in [2.24, 2.45) is 5.16 Å². The number of ether oxygens (including phenoxy) is 1. The molecule has 2 amide bonds. The third-order valence-corrected chi connectivity index (χ3v) is 9.62. The molecule has 13 heteroatoms. The second kappa shape index (κ2) is 12.9. The van der Waals surface area contributed by atoms with Crippen molar-refractivity contribution < 1.29 is 33.5 Å². The Labute approximate surface area is 275 Å². The molecule has 2 saturated heterocycles. The minimum atomic E-state index is -1.08. The van der Waals surface area contributed by atoms with Gasteiger partial charge in [0, 0.05) is 56.1 Å². The predicted molar refractivity (Wildman–Crippen MR) is 172 cm³/mol. The van der Waals surface area contributed by atoms with Gasteiger partial charge in [-0.1, -0.05) is 35.0 Å². The van der Waals surface area contributed by atoms with Crippen LogP contribution in [0.5, 0.6) is 0 Å². The van der Waals surface area contributed by atoms with Gasteiger partial charge in [-0.25, -0.2) is 9.18 Å². The molecule has 2 atom stereocenters. The summed E-state index contributed by atoms with van der Waals surface area (Å²) in [5, 5.41) is 16.1. The zero-order valence-corrected chi connectivity index (χ0v) is 26.2. The molecule has 3 aromatic carbocycles. The Morgan fingerprint density at radius 3 is 2.40 bits per heavy atom. The van der Waals surface area contributed by atoms with Crippen molar-refractivity contribution in [1.29, 1.82) is 0 Å². The van der Waals surface area contributed by atoms with Crippen LogP contribution >= 0.6 is 11.6 Å². The number of halogens is 2. The zero-order valence-electron chi connectivity index (χ0n) is 25.4. The molecule has 0 aliphatic carbocycles. The molecule has 2 N–H and O–H groups in total. The number of carbonyl (C=O) groups is 3. The highest BCUT2D eigenvalue weighted by Gasteiger charge is 2.42. The molecule has 4 heterocycles. The van der Waals surface area contributed by atoms with Gasteiger partial charge >= 0.3 is 5.97 Å². The summed E-state index contributed by atoms with van der Waals surface area (Å²) in [4.78, 5) is 51.4. The largest absolute Gasteiger partial charge is 0.478 e. The number of hydrogen-bond acceptors (Lipinski definition) is 8. The van der Waals surface area contributed by atoms with Gasteiger partial charge in [0.05, 0.1) is 35.6 Å². The number of aromatic carboxylic acids is 1. The Bertz CT molecular complexity index is 1740. The van der Waals surface area contributed by atoms with E-state index in [-0.39, 0.29) is 34.8 Å². The monoisotopic (exact) mass is 661 g/mol. The lowest BCUT2D eigenvalue weighted by atomic mass is 9.89. The molecule has 47 heavy (non-hydrogen) atoms. The van der Waals surface area contributed by atoms with Crippen molar-refractivity contribution in [2.75, 3.05) is 56.2 Å². The summed E-state index contributed by atoms with van der Waals surface area (Å²) in [5.41, 5.74) is 3.65. The highest BCUT2D eigenvalue weighted by molar-refractivity contribution is 6.31. The van der Waals surface area contributed by atoms with Gasteiger partial charge in [-0.2, -0.15) is 0 Å². The summed E-state index contributed by atoms with van der Waals surface area (Å²) < 4.78 is 20.1. The number of fused-ring (bicyclic) bond motifs is 1. The summed E-state index contributed by atoms with van der Waals surface area (Å²) in [6, 6.07) is 15.7. The minimum absolute atomic E-state index is 0.0147. The number of anilines is 2. The molecule has 0 unspecified atom stereocenters. The van der Waals surface area contributed by atoms with Crippen LogP contribution in [0.15, 0.2) is 65.8 Å². The number of hydrogen-bond donors (Lipinski definition) is 2. The average Bonchev–Trinajstić information content (AvgIpc) is 3.55. The van der Waals surface area contributed by atoms with E-state index in [9.17, 15) is 23.9 Å². The molecule has 0 radical (unpaired) electrons. The minimum Gasteiger partial charge on any atom is -0.478 e. The maximum atomic E-state index is 14.8. The van der Waals surface area contributed by atoms with Crippen LogP contribution in [0.2, 0.25) is 5.02 Å². The summed E-state index contributed by atoms with van der Waals surface area (Å²) in [7, 11) is 0. The molecule has 2 fully saturated rings. The van der Waals surface area contributed by atoms with E-state index in [4.69, 9.17) is 21.2 Å². The van der Waals surface area contributed by atoms with E-state index in [1.54, 1.807) is 6.07 Å². The van der Waals surface area contributed by atoms with Crippen molar-refractivity contribution in [3.8, 4) is 0 Å². The number of carboxylic acid groups (broad SMARTS) is 1. The fourth-order valence-corrected chi connectivity index (χ4v) is 6.89. The number of nitrogens with one attached hydrogen (secondary N) is 1.